The molecule has 0 spiro atoms. The lowest BCUT2D eigenvalue weighted by Crippen LogP contribution is -2.34. The maximum Gasteiger partial charge on any atom is 0.338 e. The maximum atomic E-state index is 12.9. The van der Waals surface area contributed by atoms with Crippen LogP contribution in [-0.4, -0.2) is 46.4 Å². The number of carbonyl (C=O) groups is 2. The molecule has 0 bridgehead atoms. The predicted octanol–water partition coefficient (Wildman–Crippen LogP) is 4.08. The van der Waals surface area contributed by atoms with Crippen molar-refractivity contribution in [3.8, 4) is 17.2 Å². The Hall–Kier alpha value is -3.74. The number of rotatable bonds is 8. The van der Waals surface area contributed by atoms with Crippen LogP contribution in [0.2, 0.25) is 0 Å². The number of hydrogen-bond acceptors (Lipinski definition) is 6. The van der Waals surface area contributed by atoms with Gasteiger partial charge in [-0.15, -0.1) is 0 Å². The van der Waals surface area contributed by atoms with Gasteiger partial charge in [0.25, 0.3) is 5.91 Å². The quantitative estimate of drug-likeness (QED) is 0.509. The summed E-state index contributed by atoms with van der Waals surface area (Å²) >= 11 is 0. The summed E-state index contributed by atoms with van der Waals surface area (Å²) in [5, 5.41) is 1.98. The molecular weight excluding hydrogens is 398 g/mol. The first-order valence-electron chi connectivity index (χ1n) is 9.79. The van der Waals surface area contributed by atoms with Crippen molar-refractivity contribution in [3.05, 3.63) is 60.2 Å². The van der Waals surface area contributed by atoms with E-state index in [4.69, 9.17) is 18.9 Å². The Kier molecular flexibility index (Phi) is 6.97. The number of fused-ring (bicyclic) bond motifs is 1. The average Bonchev–Trinajstić information content (AvgIpc) is 2.82. The minimum atomic E-state index is -0.665. The molecule has 0 aliphatic heterocycles. The number of benzene rings is 3. The van der Waals surface area contributed by atoms with E-state index in [9.17, 15) is 9.59 Å². The van der Waals surface area contributed by atoms with E-state index in [-0.39, 0.29) is 11.5 Å². The maximum absolute atomic E-state index is 12.9. The van der Waals surface area contributed by atoms with E-state index in [2.05, 4.69) is 0 Å². The van der Waals surface area contributed by atoms with Gasteiger partial charge in [0.05, 0.1) is 32.6 Å². The highest BCUT2D eigenvalue weighted by molar-refractivity contribution is 6.04. The molecule has 3 rings (SSSR count). The third-order valence-corrected chi connectivity index (χ3v) is 4.90. The fourth-order valence-electron chi connectivity index (χ4n) is 3.41. The van der Waals surface area contributed by atoms with Crippen LogP contribution in [0, 0.1) is 0 Å². The van der Waals surface area contributed by atoms with E-state index >= 15 is 0 Å². The summed E-state index contributed by atoms with van der Waals surface area (Å²) in [6.07, 6.45) is 0. The van der Waals surface area contributed by atoms with Crippen LogP contribution in [0.25, 0.3) is 10.8 Å². The Morgan fingerprint density at radius 1 is 0.871 bits per heavy atom. The van der Waals surface area contributed by atoms with Crippen molar-refractivity contribution in [1.29, 1.82) is 0 Å². The Morgan fingerprint density at radius 2 is 1.52 bits per heavy atom. The third-order valence-electron chi connectivity index (χ3n) is 4.90. The van der Waals surface area contributed by atoms with E-state index in [1.165, 1.54) is 33.5 Å². The van der Waals surface area contributed by atoms with E-state index in [1.807, 2.05) is 49.4 Å². The molecule has 7 heteroatoms. The molecule has 162 valence electrons. The lowest BCUT2D eigenvalue weighted by atomic mass is 10.1. The van der Waals surface area contributed by atoms with Crippen molar-refractivity contribution in [3.63, 3.8) is 0 Å². The minimum absolute atomic E-state index is 0.190. The zero-order valence-electron chi connectivity index (χ0n) is 18.0. The topological polar surface area (TPSA) is 74.3 Å². The number of amides is 1. The highest BCUT2D eigenvalue weighted by Gasteiger charge is 2.21. The van der Waals surface area contributed by atoms with Crippen molar-refractivity contribution in [2.24, 2.45) is 0 Å². The molecule has 0 unspecified atom stereocenters. The van der Waals surface area contributed by atoms with E-state index in [0.29, 0.717) is 23.8 Å². The number of likely N-dealkylation sites (N-methyl/N-ethyl adjacent to an activating group) is 1. The molecule has 0 heterocycles. The standard InChI is InChI=1S/C24H25NO6/c1-5-25(19-12-8-10-16-9-6-7-11-18(16)19)22(26)15-31-24(27)17-13-20(28-2)23(30-4)21(14-17)29-3/h6-14H,5,15H2,1-4H3. The number of esters is 1. The number of nitrogens with zero attached hydrogens (tertiary/aromatic N) is 1. The summed E-state index contributed by atoms with van der Waals surface area (Å²) in [7, 11) is 4.39. The molecule has 0 saturated heterocycles. The van der Waals surface area contributed by atoms with Crippen LogP contribution in [-0.2, 0) is 9.53 Å². The molecule has 0 N–H and O–H groups in total. The van der Waals surface area contributed by atoms with E-state index in [1.54, 1.807) is 4.90 Å². The molecule has 0 aliphatic rings. The Morgan fingerprint density at radius 3 is 2.13 bits per heavy atom. The van der Waals surface area contributed by atoms with Gasteiger partial charge in [-0.1, -0.05) is 36.4 Å². The Bertz CT molecular complexity index is 1060. The Balaban J connectivity index is 1.78. The molecule has 31 heavy (non-hydrogen) atoms. The van der Waals surface area contributed by atoms with Crippen LogP contribution >= 0.6 is 0 Å². The van der Waals surface area contributed by atoms with Crippen molar-refractivity contribution in [2.75, 3.05) is 39.4 Å². The van der Waals surface area contributed by atoms with Crippen LogP contribution in [0.15, 0.2) is 54.6 Å². The molecular formula is C24H25NO6. The smallest absolute Gasteiger partial charge is 0.338 e. The molecule has 0 aliphatic carbocycles. The highest BCUT2D eigenvalue weighted by atomic mass is 16.5. The SMILES string of the molecule is CCN(C(=O)COC(=O)c1cc(OC)c(OC)c(OC)c1)c1cccc2ccccc12. The van der Waals surface area contributed by atoms with Gasteiger partial charge in [0.1, 0.15) is 0 Å². The molecule has 3 aromatic rings. The van der Waals surface area contributed by atoms with Crippen molar-refractivity contribution in [1.82, 2.24) is 0 Å². The van der Waals surface area contributed by atoms with Gasteiger partial charge in [0.15, 0.2) is 18.1 Å². The van der Waals surface area contributed by atoms with Gasteiger partial charge in [0.2, 0.25) is 5.75 Å². The lowest BCUT2D eigenvalue weighted by molar-refractivity contribution is -0.121. The second-order valence-corrected chi connectivity index (χ2v) is 6.63. The van der Waals surface area contributed by atoms with Gasteiger partial charge in [-0.25, -0.2) is 4.79 Å². The lowest BCUT2D eigenvalue weighted by Gasteiger charge is -2.22. The van der Waals surface area contributed by atoms with Gasteiger partial charge in [-0.3, -0.25) is 4.79 Å². The molecule has 0 aromatic heterocycles. The first kappa shape index (κ1) is 22.0. The zero-order chi connectivity index (χ0) is 22.4. The highest BCUT2D eigenvalue weighted by Crippen LogP contribution is 2.38. The monoisotopic (exact) mass is 423 g/mol. The Labute approximate surface area is 181 Å². The third kappa shape index (κ3) is 4.55. The van der Waals surface area contributed by atoms with E-state index in [0.717, 1.165) is 16.5 Å². The molecule has 0 radical (unpaired) electrons. The molecule has 1 amide bonds. The second-order valence-electron chi connectivity index (χ2n) is 6.63. The van der Waals surface area contributed by atoms with Gasteiger partial charge in [-0.05, 0) is 30.5 Å². The first-order chi connectivity index (χ1) is 15.0. The largest absolute Gasteiger partial charge is 0.493 e. The minimum Gasteiger partial charge on any atom is -0.493 e. The summed E-state index contributed by atoms with van der Waals surface area (Å²) in [5.74, 6) is 0.0316. The number of methoxy groups -OCH3 is 3. The summed E-state index contributed by atoms with van der Waals surface area (Å²) in [6.45, 7) is 1.92. The summed E-state index contributed by atoms with van der Waals surface area (Å²) < 4.78 is 21.1. The second kappa shape index (κ2) is 9.84. The van der Waals surface area contributed by atoms with Crippen LogP contribution in [0.3, 0.4) is 0 Å². The van der Waals surface area contributed by atoms with Gasteiger partial charge < -0.3 is 23.8 Å². The average molecular weight is 423 g/mol. The summed E-state index contributed by atoms with van der Waals surface area (Å²) in [6, 6.07) is 16.6. The summed E-state index contributed by atoms with van der Waals surface area (Å²) in [5.41, 5.74) is 0.963. The molecule has 3 aromatic carbocycles. The molecule has 0 saturated carbocycles. The number of anilines is 1. The van der Waals surface area contributed by atoms with Crippen LogP contribution in [0.4, 0.5) is 5.69 Å². The van der Waals surface area contributed by atoms with Crippen LogP contribution in [0.5, 0.6) is 17.2 Å². The fraction of sp³-hybridized carbons (Fsp3) is 0.250. The van der Waals surface area contributed by atoms with Crippen molar-refractivity contribution >= 4 is 28.3 Å². The normalized spacial score (nSPS) is 10.5. The van der Waals surface area contributed by atoms with Crippen LogP contribution in [0.1, 0.15) is 17.3 Å². The molecule has 7 nitrogen and oxygen atoms in total. The molecule has 0 atom stereocenters. The predicted molar refractivity (Wildman–Crippen MR) is 118 cm³/mol. The van der Waals surface area contributed by atoms with Gasteiger partial charge >= 0.3 is 5.97 Å². The van der Waals surface area contributed by atoms with E-state index < -0.39 is 12.6 Å². The number of ether oxygens (including phenoxy) is 4. The van der Waals surface area contributed by atoms with Crippen molar-refractivity contribution in [2.45, 2.75) is 6.92 Å². The fourth-order valence-corrected chi connectivity index (χ4v) is 3.41. The number of carbonyl (C=O) groups excluding carboxylic acids is 2. The first-order valence-corrected chi connectivity index (χ1v) is 9.79. The van der Waals surface area contributed by atoms with Gasteiger partial charge in [0, 0.05) is 11.9 Å². The number of hydrogen-bond donors (Lipinski definition) is 0. The van der Waals surface area contributed by atoms with Crippen molar-refractivity contribution < 1.29 is 28.5 Å². The summed E-state index contributed by atoms with van der Waals surface area (Å²) in [4.78, 5) is 27.1. The zero-order valence-corrected chi connectivity index (χ0v) is 18.0. The van der Waals surface area contributed by atoms with Gasteiger partial charge in [-0.2, -0.15) is 0 Å². The van der Waals surface area contributed by atoms with Crippen LogP contribution < -0.4 is 19.1 Å². The molecule has 0 fully saturated rings.